The molecule has 4 aromatic heterocycles. The summed E-state index contributed by atoms with van der Waals surface area (Å²) in [5.74, 6) is 2.48. The molecule has 0 aliphatic carbocycles. The van der Waals surface area contributed by atoms with Crippen molar-refractivity contribution in [3.63, 3.8) is 0 Å². The SMILES string of the molecule is c1ccc(-c2nc(-c3ccccc3)nc(-c3ccc4c(c3)c3cc(-n5c6ccccc6c6ccccc65)ccc3n4-c3ncccn3)n2)cc1. The maximum absolute atomic E-state index is 5.02. The van der Waals surface area contributed by atoms with E-state index in [1.165, 1.54) is 10.8 Å². The molecule has 0 atom stereocenters. The van der Waals surface area contributed by atoms with E-state index in [1.807, 2.05) is 66.7 Å². The Morgan fingerprint density at radius 1 is 0.340 bits per heavy atom. The number of benzene rings is 6. The van der Waals surface area contributed by atoms with Gasteiger partial charge in [0.05, 0.1) is 22.1 Å². The quantitative estimate of drug-likeness (QED) is 0.187. The van der Waals surface area contributed by atoms with Gasteiger partial charge < -0.3 is 4.57 Å². The second kappa shape index (κ2) is 11.3. The lowest BCUT2D eigenvalue weighted by Crippen LogP contribution is -2.01. The van der Waals surface area contributed by atoms with Gasteiger partial charge in [0.25, 0.3) is 0 Å². The number of rotatable bonds is 5. The molecule has 0 amide bonds. The zero-order valence-electron chi connectivity index (χ0n) is 26.7. The molecule has 0 aliphatic heterocycles. The van der Waals surface area contributed by atoms with Gasteiger partial charge in [0.1, 0.15) is 0 Å². The highest BCUT2D eigenvalue weighted by Gasteiger charge is 2.19. The van der Waals surface area contributed by atoms with Crippen LogP contribution in [0.5, 0.6) is 0 Å². The Hall–Kier alpha value is -6.99. The minimum absolute atomic E-state index is 0.606. The van der Waals surface area contributed by atoms with E-state index in [9.17, 15) is 0 Å². The third-order valence-corrected chi connectivity index (χ3v) is 9.30. The molecule has 6 aromatic carbocycles. The topological polar surface area (TPSA) is 74.3 Å². The number of aromatic nitrogens is 7. The van der Waals surface area contributed by atoms with Crippen LogP contribution in [0.15, 0.2) is 164 Å². The lowest BCUT2D eigenvalue weighted by Gasteiger charge is -2.09. The molecule has 234 valence electrons. The van der Waals surface area contributed by atoms with Crippen LogP contribution in [0, 0.1) is 0 Å². The van der Waals surface area contributed by atoms with E-state index < -0.39 is 0 Å². The van der Waals surface area contributed by atoms with Crippen molar-refractivity contribution in [2.45, 2.75) is 0 Å². The van der Waals surface area contributed by atoms with Gasteiger partial charge in [-0.2, -0.15) is 0 Å². The third-order valence-electron chi connectivity index (χ3n) is 9.30. The van der Waals surface area contributed by atoms with E-state index in [0.29, 0.717) is 23.4 Å². The second-order valence-corrected chi connectivity index (χ2v) is 12.2. The largest absolute Gasteiger partial charge is 0.309 e. The summed E-state index contributed by atoms with van der Waals surface area (Å²) >= 11 is 0. The monoisotopic (exact) mass is 641 g/mol. The summed E-state index contributed by atoms with van der Waals surface area (Å²) in [5.41, 5.74) is 8.17. The van der Waals surface area contributed by atoms with Crippen molar-refractivity contribution in [1.82, 2.24) is 34.1 Å². The van der Waals surface area contributed by atoms with Crippen LogP contribution in [-0.2, 0) is 0 Å². The van der Waals surface area contributed by atoms with Crippen LogP contribution >= 0.6 is 0 Å². The van der Waals surface area contributed by atoms with Crippen molar-refractivity contribution in [1.29, 1.82) is 0 Å². The maximum Gasteiger partial charge on any atom is 0.234 e. The first-order chi connectivity index (χ1) is 24.8. The van der Waals surface area contributed by atoms with Gasteiger partial charge in [0, 0.05) is 56.3 Å². The van der Waals surface area contributed by atoms with E-state index >= 15 is 0 Å². The van der Waals surface area contributed by atoms with Crippen molar-refractivity contribution >= 4 is 43.6 Å². The Kier molecular flexibility index (Phi) is 6.35. The molecule has 7 nitrogen and oxygen atoms in total. The lowest BCUT2D eigenvalue weighted by atomic mass is 10.1. The summed E-state index contributed by atoms with van der Waals surface area (Å²) in [6.07, 6.45) is 3.56. The van der Waals surface area contributed by atoms with E-state index in [0.717, 1.165) is 55.2 Å². The summed E-state index contributed by atoms with van der Waals surface area (Å²) in [6.45, 7) is 0. The summed E-state index contributed by atoms with van der Waals surface area (Å²) < 4.78 is 4.47. The van der Waals surface area contributed by atoms with Crippen LogP contribution < -0.4 is 0 Å². The minimum atomic E-state index is 0.606. The van der Waals surface area contributed by atoms with Crippen molar-refractivity contribution in [2.24, 2.45) is 0 Å². The van der Waals surface area contributed by atoms with Crippen molar-refractivity contribution in [3.8, 4) is 45.8 Å². The summed E-state index contributed by atoms with van der Waals surface area (Å²) in [7, 11) is 0. The Balaban J connectivity index is 1.24. The molecule has 0 spiro atoms. The van der Waals surface area contributed by atoms with E-state index in [2.05, 4.69) is 104 Å². The number of nitrogens with zero attached hydrogens (tertiary/aromatic N) is 7. The molecule has 0 radical (unpaired) electrons. The van der Waals surface area contributed by atoms with E-state index in [4.69, 9.17) is 15.0 Å². The van der Waals surface area contributed by atoms with E-state index in [1.54, 1.807) is 12.4 Å². The summed E-state index contributed by atoms with van der Waals surface area (Å²) in [6, 6.07) is 52.1. The first kappa shape index (κ1) is 28.1. The third kappa shape index (κ3) is 4.48. The summed E-state index contributed by atoms with van der Waals surface area (Å²) in [4.78, 5) is 24.3. The maximum atomic E-state index is 5.02. The molecule has 0 N–H and O–H groups in total. The van der Waals surface area contributed by atoms with Gasteiger partial charge in [-0.3, -0.25) is 4.57 Å². The standard InChI is InChI=1S/C43H27N7/c1-3-12-28(13-4-1)40-46-41(29-14-5-2-6-15-29)48-42(47-40)30-20-22-38-34(26-30)35-27-31(21-23-39(35)50(38)43-44-24-11-25-45-43)49-36-18-9-7-16-32(36)33-17-8-10-19-37(33)49/h1-27H. The Bertz CT molecular complexity index is 2750. The van der Waals surface area contributed by atoms with E-state index in [-0.39, 0.29) is 0 Å². The molecular weight excluding hydrogens is 615 g/mol. The lowest BCUT2D eigenvalue weighted by molar-refractivity contribution is 0.988. The molecule has 0 aliphatic rings. The average molecular weight is 642 g/mol. The molecule has 10 rings (SSSR count). The number of fused-ring (bicyclic) bond motifs is 6. The first-order valence-corrected chi connectivity index (χ1v) is 16.5. The van der Waals surface area contributed by atoms with Crippen LogP contribution in [0.2, 0.25) is 0 Å². The molecule has 0 saturated carbocycles. The highest BCUT2D eigenvalue weighted by Crippen LogP contribution is 2.38. The molecule has 7 heteroatoms. The fourth-order valence-electron chi connectivity index (χ4n) is 7.05. The molecule has 0 fully saturated rings. The van der Waals surface area contributed by atoms with Gasteiger partial charge in [-0.05, 0) is 54.6 Å². The zero-order valence-corrected chi connectivity index (χ0v) is 26.7. The highest BCUT2D eigenvalue weighted by atomic mass is 15.1. The highest BCUT2D eigenvalue weighted by molar-refractivity contribution is 6.12. The van der Waals surface area contributed by atoms with Gasteiger partial charge in [0.2, 0.25) is 5.95 Å². The Morgan fingerprint density at radius 2 is 0.820 bits per heavy atom. The molecule has 50 heavy (non-hydrogen) atoms. The van der Waals surface area contributed by atoms with Gasteiger partial charge in [0.15, 0.2) is 17.5 Å². The molecule has 10 aromatic rings. The fourth-order valence-corrected chi connectivity index (χ4v) is 7.05. The number of para-hydroxylation sites is 2. The fraction of sp³-hybridized carbons (Fsp3) is 0. The van der Waals surface area contributed by atoms with Gasteiger partial charge in [-0.25, -0.2) is 24.9 Å². The molecule has 0 bridgehead atoms. The normalized spacial score (nSPS) is 11.6. The second-order valence-electron chi connectivity index (χ2n) is 12.2. The molecule has 0 unspecified atom stereocenters. The van der Waals surface area contributed by atoms with Crippen molar-refractivity contribution in [3.05, 3.63) is 164 Å². The van der Waals surface area contributed by atoms with Crippen LogP contribution in [0.1, 0.15) is 0 Å². The molecular formula is C43H27N7. The first-order valence-electron chi connectivity index (χ1n) is 16.5. The van der Waals surface area contributed by atoms with Crippen molar-refractivity contribution in [2.75, 3.05) is 0 Å². The van der Waals surface area contributed by atoms with Crippen LogP contribution in [0.3, 0.4) is 0 Å². The predicted molar refractivity (Wildman–Crippen MR) is 200 cm³/mol. The van der Waals surface area contributed by atoms with Crippen LogP contribution in [0.25, 0.3) is 89.4 Å². The predicted octanol–water partition coefficient (Wildman–Crippen LogP) is 9.86. The van der Waals surface area contributed by atoms with Crippen LogP contribution in [-0.4, -0.2) is 34.1 Å². The van der Waals surface area contributed by atoms with Gasteiger partial charge in [-0.15, -0.1) is 0 Å². The van der Waals surface area contributed by atoms with Gasteiger partial charge in [-0.1, -0.05) is 97.1 Å². The van der Waals surface area contributed by atoms with Crippen LogP contribution in [0.4, 0.5) is 0 Å². The van der Waals surface area contributed by atoms with Crippen molar-refractivity contribution < 1.29 is 0 Å². The average Bonchev–Trinajstić information content (AvgIpc) is 3.71. The minimum Gasteiger partial charge on any atom is -0.309 e. The Labute approximate surface area is 286 Å². The summed E-state index contributed by atoms with van der Waals surface area (Å²) in [5, 5.41) is 4.58. The number of hydrogen-bond acceptors (Lipinski definition) is 5. The van der Waals surface area contributed by atoms with Gasteiger partial charge >= 0.3 is 0 Å². The molecule has 0 saturated heterocycles. The smallest absolute Gasteiger partial charge is 0.234 e. The zero-order chi connectivity index (χ0) is 33.0. The Morgan fingerprint density at radius 3 is 1.42 bits per heavy atom. The molecule has 4 heterocycles. The number of hydrogen-bond donors (Lipinski definition) is 0.